The van der Waals surface area contributed by atoms with E-state index in [0.717, 1.165) is 11.3 Å². The Hall–Kier alpha value is -2.37. The lowest BCUT2D eigenvalue weighted by molar-refractivity contribution is 0.0940. The van der Waals surface area contributed by atoms with E-state index < -0.39 is 0 Å². The molecule has 6 heteroatoms. The second kappa shape index (κ2) is 5.73. The summed E-state index contributed by atoms with van der Waals surface area (Å²) in [4.78, 5) is 16.5. The Morgan fingerprint density at radius 3 is 2.85 bits per heavy atom. The van der Waals surface area contributed by atoms with Crippen LogP contribution in [0.2, 0.25) is 0 Å². The number of carbonyl (C=O) groups excluding carboxylic acids is 1. The fourth-order valence-corrected chi connectivity index (χ4v) is 2.01. The minimum atomic E-state index is -0.227. The molecule has 0 saturated carbocycles. The van der Waals surface area contributed by atoms with Gasteiger partial charge in [0.05, 0.1) is 23.6 Å². The van der Waals surface area contributed by atoms with E-state index >= 15 is 0 Å². The van der Waals surface area contributed by atoms with Crippen molar-refractivity contribution in [2.75, 3.05) is 5.73 Å². The van der Waals surface area contributed by atoms with Crippen LogP contribution in [0.25, 0.3) is 0 Å². The van der Waals surface area contributed by atoms with Gasteiger partial charge in [-0.25, -0.2) is 0 Å². The third-order valence-corrected chi connectivity index (χ3v) is 3.22. The van der Waals surface area contributed by atoms with Crippen molar-refractivity contribution < 1.29 is 4.79 Å². The lowest BCUT2D eigenvalue weighted by atomic mass is 10.2. The number of nitrogens with one attached hydrogen (secondary N) is 1. The second-order valence-electron chi connectivity index (χ2n) is 4.61. The number of nitrogens with zero attached hydrogens (tertiary/aromatic N) is 3. The molecule has 1 amide bonds. The molecule has 0 unspecified atom stereocenters. The SMILES string of the molecule is CCn1nc(C)c(N)c1C(=O)NCc1ncccc1C. The topological polar surface area (TPSA) is 85.8 Å². The molecule has 0 saturated heterocycles. The van der Waals surface area contributed by atoms with Crippen molar-refractivity contribution in [1.29, 1.82) is 0 Å². The number of carbonyl (C=O) groups is 1. The first-order valence-corrected chi connectivity index (χ1v) is 6.56. The Bertz CT molecular complexity index is 632. The summed E-state index contributed by atoms with van der Waals surface area (Å²) in [5, 5.41) is 7.08. The Morgan fingerprint density at radius 1 is 1.45 bits per heavy atom. The van der Waals surface area contributed by atoms with Crippen molar-refractivity contribution in [2.24, 2.45) is 0 Å². The fourth-order valence-electron chi connectivity index (χ4n) is 2.01. The second-order valence-corrected chi connectivity index (χ2v) is 4.61. The van der Waals surface area contributed by atoms with Crippen LogP contribution in [0, 0.1) is 13.8 Å². The molecule has 0 spiro atoms. The molecule has 3 N–H and O–H groups in total. The molecule has 0 bridgehead atoms. The van der Waals surface area contributed by atoms with Gasteiger partial charge in [-0.05, 0) is 32.4 Å². The summed E-state index contributed by atoms with van der Waals surface area (Å²) in [5.74, 6) is -0.227. The monoisotopic (exact) mass is 273 g/mol. The molecule has 0 aliphatic heterocycles. The van der Waals surface area contributed by atoms with E-state index in [9.17, 15) is 4.79 Å². The number of nitrogens with two attached hydrogens (primary N) is 1. The number of pyridine rings is 1. The minimum absolute atomic E-state index is 0.227. The lowest BCUT2D eigenvalue weighted by Crippen LogP contribution is -2.27. The molecule has 0 aliphatic rings. The molecule has 0 aromatic carbocycles. The highest BCUT2D eigenvalue weighted by atomic mass is 16.2. The maximum atomic E-state index is 12.3. The van der Waals surface area contributed by atoms with Gasteiger partial charge in [0.1, 0.15) is 5.69 Å². The molecule has 0 atom stereocenters. The van der Waals surface area contributed by atoms with Crippen LogP contribution in [0.15, 0.2) is 18.3 Å². The van der Waals surface area contributed by atoms with Crippen LogP contribution in [-0.2, 0) is 13.1 Å². The molecule has 2 aromatic heterocycles. The van der Waals surface area contributed by atoms with Gasteiger partial charge < -0.3 is 11.1 Å². The molecule has 20 heavy (non-hydrogen) atoms. The first-order valence-electron chi connectivity index (χ1n) is 6.56. The molecule has 0 aliphatic carbocycles. The summed E-state index contributed by atoms with van der Waals surface area (Å²) in [6.45, 7) is 6.65. The van der Waals surface area contributed by atoms with E-state index in [0.29, 0.717) is 30.2 Å². The smallest absolute Gasteiger partial charge is 0.272 e. The predicted molar refractivity (Wildman–Crippen MR) is 77.2 cm³/mol. The molecule has 0 fully saturated rings. The Balaban J connectivity index is 2.15. The number of aryl methyl sites for hydroxylation is 3. The molecular formula is C14H19N5O. The maximum absolute atomic E-state index is 12.3. The maximum Gasteiger partial charge on any atom is 0.272 e. The molecule has 106 valence electrons. The van der Waals surface area contributed by atoms with Crippen molar-refractivity contribution in [2.45, 2.75) is 33.9 Å². The van der Waals surface area contributed by atoms with Gasteiger partial charge in [0, 0.05) is 12.7 Å². The fraction of sp³-hybridized carbons (Fsp3) is 0.357. The van der Waals surface area contributed by atoms with E-state index in [1.807, 2.05) is 26.0 Å². The van der Waals surface area contributed by atoms with E-state index in [1.165, 1.54) is 0 Å². The van der Waals surface area contributed by atoms with E-state index in [4.69, 9.17) is 5.73 Å². The predicted octanol–water partition coefficient (Wildman–Crippen LogP) is 1.43. The Kier molecular flexibility index (Phi) is 4.02. The summed E-state index contributed by atoms with van der Waals surface area (Å²) in [6.07, 6.45) is 1.71. The summed E-state index contributed by atoms with van der Waals surface area (Å²) < 4.78 is 1.62. The van der Waals surface area contributed by atoms with Crippen molar-refractivity contribution in [3.05, 3.63) is 41.0 Å². The average molecular weight is 273 g/mol. The molecule has 0 radical (unpaired) electrons. The average Bonchev–Trinajstić information content (AvgIpc) is 2.73. The molecular weight excluding hydrogens is 254 g/mol. The zero-order chi connectivity index (χ0) is 14.7. The van der Waals surface area contributed by atoms with Crippen molar-refractivity contribution in [1.82, 2.24) is 20.1 Å². The van der Waals surface area contributed by atoms with Gasteiger partial charge in [0.25, 0.3) is 5.91 Å². The summed E-state index contributed by atoms with van der Waals surface area (Å²) in [6, 6.07) is 3.83. The van der Waals surface area contributed by atoms with E-state index in [2.05, 4.69) is 15.4 Å². The first kappa shape index (κ1) is 14.0. The number of amides is 1. The Labute approximate surface area is 118 Å². The van der Waals surface area contributed by atoms with Gasteiger partial charge >= 0.3 is 0 Å². The van der Waals surface area contributed by atoms with Crippen LogP contribution >= 0.6 is 0 Å². The van der Waals surface area contributed by atoms with Crippen LogP contribution in [0.5, 0.6) is 0 Å². The van der Waals surface area contributed by atoms with Crippen molar-refractivity contribution in [3.8, 4) is 0 Å². The van der Waals surface area contributed by atoms with Crippen LogP contribution in [0.3, 0.4) is 0 Å². The number of anilines is 1. The highest BCUT2D eigenvalue weighted by molar-refractivity contribution is 5.97. The van der Waals surface area contributed by atoms with Gasteiger partial charge in [0.2, 0.25) is 0 Å². The summed E-state index contributed by atoms with van der Waals surface area (Å²) >= 11 is 0. The number of rotatable bonds is 4. The first-order chi connectivity index (χ1) is 9.54. The Morgan fingerprint density at radius 2 is 2.20 bits per heavy atom. The van der Waals surface area contributed by atoms with E-state index in [1.54, 1.807) is 17.8 Å². The zero-order valence-electron chi connectivity index (χ0n) is 12.0. The van der Waals surface area contributed by atoms with Gasteiger partial charge in [-0.2, -0.15) is 5.10 Å². The highest BCUT2D eigenvalue weighted by Crippen LogP contribution is 2.16. The highest BCUT2D eigenvalue weighted by Gasteiger charge is 2.18. The van der Waals surface area contributed by atoms with Crippen molar-refractivity contribution >= 4 is 11.6 Å². The number of hydrogen-bond donors (Lipinski definition) is 2. The van der Waals surface area contributed by atoms with Gasteiger partial charge in [-0.15, -0.1) is 0 Å². The van der Waals surface area contributed by atoms with E-state index in [-0.39, 0.29) is 5.91 Å². The minimum Gasteiger partial charge on any atom is -0.395 e. The van der Waals surface area contributed by atoms with Crippen LogP contribution in [0.4, 0.5) is 5.69 Å². The summed E-state index contributed by atoms with van der Waals surface area (Å²) in [5.41, 5.74) is 9.33. The molecule has 6 nitrogen and oxygen atoms in total. The zero-order valence-corrected chi connectivity index (χ0v) is 12.0. The third kappa shape index (κ3) is 2.64. The van der Waals surface area contributed by atoms with Gasteiger partial charge in [0.15, 0.2) is 0 Å². The number of hydrogen-bond acceptors (Lipinski definition) is 4. The summed E-state index contributed by atoms with van der Waals surface area (Å²) in [7, 11) is 0. The molecule has 2 aromatic rings. The van der Waals surface area contributed by atoms with Gasteiger partial charge in [-0.1, -0.05) is 6.07 Å². The quantitative estimate of drug-likeness (QED) is 0.882. The standard InChI is InChI=1S/C14H19N5O/c1-4-19-13(12(15)10(3)18-19)14(20)17-8-11-9(2)6-5-7-16-11/h5-7H,4,8,15H2,1-3H3,(H,17,20). The van der Waals surface area contributed by atoms with Crippen LogP contribution in [-0.4, -0.2) is 20.7 Å². The van der Waals surface area contributed by atoms with Crippen LogP contribution < -0.4 is 11.1 Å². The van der Waals surface area contributed by atoms with Crippen LogP contribution in [0.1, 0.15) is 34.4 Å². The molecule has 2 heterocycles. The molecule has 2 rings (SSSR count). The third-order valence-electron chi connectivity index (χ3n) is 3.22. The number of nitrogen functional groups attached to an aromatic ring is 1. The lowest BCUT2D eigenvalue weighted by Gasteiger charge is -2.08. The normalized spacial score (nSPS) is 10.6. The van der Waals surface area contributed by atoms with Gasteiger partial charge in [-0.3, -0.25) is 14.5 Å². The largest absolute Gasteiger partial charge is 0.395 e. The van der Waals surface area contributed by atoms with Crippen molar-refractivity contribution in [3.63, 3.8) is 0 Å². The number of aromatic nitrogens is 3.